The molecule has 0 saturated heterocycles. The van der Waals surface area contributed by atoms with Crippen molar-refractivity contribution < 1.29 is 14.3 Å². The van der Waals surface area contributed by atoms with E-state index in [0.717, 1.165) is 43.2 Å². The Labute approximate surface area is 166 Å². The van der Waals surface area contributed by atoms with Crippen molar-refractivity contribution in [3.05, 3.63) is 40.0 Å². The average Bonchev–Trinajstić information content (AvgIpc) is 2.65. The molecule has 0 radical (unpaired) electrons. The van der Waals surface area contributed by atoms with Gasteiger partial charge in [-0.1, -0.05) is 31.4 Å². The summed E-state index contributed by atoms with van der Waals surface area (Å²) in [6, 6.07) is 4.17. The van der Waals surface area contributed by atoms with Crippen LogP contribution in [-0.4, -0.2) is 24.4 Å². The summed E-state index contributed by atoms with van der Waals surface area (Å²) in [6.45, 7) is 6.25. The SMILES string of the molecule is CCOC(=O)C1=C(NC(=O)CCl)c2c(C)ccc(C)c2CC12CCCCC2. The summed E-state index contributed by atoms with van der Waals surface area (Å²) in [5.41, 5.74) is 5.43. The Hall–Kier alpha value is -1.81. The molecule has 1 aromatic rings. The van der Waals surface area contributed by atoms with Gasteiger partial charge in [0.1, 0.15) is 5.88 Å². The Balaban J connectivity index is 2.29. The average molecular weight is 390 g/mol. The number of esters is 1. The second kappa shape index (κ2) is 8.05. The molecule has 1 aromatic carbocycles. The van der Waals surface area contributed by atoms with E-state index >= 15 is 0 Å². The molecule has 0 unspecified atom stereocenters. The minimum absolute atomic E-state index is 0.146. The molecule has 0 bridgehead atoms. The minimum atomic E-state index is -0.309. The summed E-state index contributed by atoms with van der Waals surface area (Å²) in [6.07, 6.45) is 6.05. The zero-order valence-corrected chi connectivity index (χ0v) is 17.2. The number of carbonyl (C=O) groups excluding carboxylic acids is 2. The van der Waals surface area contributed by atoms with Gasteiger partial charge in [0, 0.05) is 11.0 Å². The lowest BCUT2D eigenvalue weighted by molar-refractivity contribution is -0.140. The maximum absolute atomic E-state index is 13.1. The van der Waals surface area contributed by atoms with E-state index in [-0.39, 0.29) is 23.2 Å². The van der Waals surface area contributed by atoms with Crippen LogP contribution in [0, 0.1) is 19.3 Å². The highest BCUT2D eigenvalue weighted by molar-refractivity contribution is 6.28. The highest BCUT2D eigenvalue weighted by atomic mass is 35.5. The normalized spacial score (nSPS) is 18.2. The van der Waals surface area contributed by atoms with Gasteiger partial charge in [-0.15, -0.1) is 11.6 Å². The highest BCUT2D eigenvalue weighted by Gasteiger charge is 2.46. The smallest absolute Gasteiger partial charge is 0.336 e. The van der Waals surface area contributed by atoms with E-state index in [2.05, 4.69) is 18.3 Å². The number of amides is 1. The molecule has 2 aliphatic carbocycles. The van der Waals surface area contributed by atoms with E-state index < -0.39 is 0 Å². The van der Waals surface area contributed by atoms with Crippen LogP contribution in [-0.2, 0) is 20.7 Å². The molecule has 0 aliphatic heterocycles. The van der Waals surface area contributed by atoms with Gasteiger partial charge in [-0.05, 0) is 56.7 Å². The van der Waals surface area contributed by atoms with Crippen LogP contribution in [0.3, 0.4) is 0 Å². The van der Waals surface area contributed by atoms with Gasteiger partial charge in [0.2, 0.25) is 5.91 Å². The number of carbonyl (C=O) groups is 2. The van der Waals surface area contributed by atoms with E-state index in [0.29, 0.717) is 17.9 Å². The van der Waals surface area contributed by atoms with Crippen LogP contribution in [0.1, 0.15) is 61.3 Å². The molecule has 1 fully saturated rings. The second-order valence-corrected chi connectivity index (χ2v) is 7.99. The third-order valence-electron chi connectivity index (χ3n) is 5.98. The van der Waals surface area contributed by atoms with Crippen molar-refractivity contribution in [1.82, 2.24) is 5.32 Å². The third-order valence-corrected chi connectivity index (χ3v) is 6.22. The van der Waals surface area contributed by atoms with E-state index in [1.807, 2.05) is 19.9 Å². The number of fused-ring (bicyclic) bond motifs is 1. The molecule has 0 heterocycles. The third kappa shape index (κ3) is 3.64. The van der Waals surface area contributed by atoms with E-state index in [1.54, 1.807) is 0 Å². The maximum Gasteiger partial charge on any atom is 0.336 e. The molecule has 2 aliphatic rings. The summed E-state index contributed by atoms with van der Waals surface area (Å²) >= 11 is 5.78. The Morgan fingerprint density at radius 1 is 1.15 bits per heavy atom. The fourth-order valence-electron chi connectivity index (χ4n) is 4.74. The van der Waals surface area contributed by atoms with Crippen LogP contribution in [0.15, 0.2) is 17.7 Å². The number of alkyl halides is 1. The van der Waals surface area contributed by atoms with Crippen LogP contribution >= 0.6 is 11.6 Å². The fraction of sp³-hybridized carbons (Fsp3) is 0.545. The lowest BCUT2D eigenvalue weighted by atomic mass is 9.61. The van der Waals surface area contributed by atoms with Gasteiger partial charge in [0.05, 0.1) is 17.9 Å². The molecule has 1 saturated carbocycles. The van der Waals surface area contributed by atoms with Crippen molar-refractivity contribution in [2.75, 3.05) is 12.5 Å². The Kier molecular flexibility index (Phi) is 5.95. The largest absolute Gasteiger partial charge is 0.463 e. The predicted molar refractivity (Wildman–Crippen MR) is 108 cm³/mol. The summed E-state index contributed by atoms with van der Waals surface area (Å²) in [5.74, 6) is -0.753. The number of hydrogen-bond donors (Lipinski definition) is 1. The molecule has 1 N–H and O–H groups in total. The summed E-state index contributed by atoms with van der Waals surface area (Å²) in [7, 11) is 0. The predicted octanol–water partition coefficient (Wildman–Crippen LogP) is 4.44. The zero-order chi connectivity index (χ0) is 19.6. The van der Waals surface area contributed by atoms with E-state index in [9.17, 15) is 9.59 Å². The number of hydrogen-bond acceptors (Lipinski definition) is 3. The van der Waals surface area contributed by atoms with Gasteiger partial charge in [0.15, 0.2) is 0 Å². The lowest BCUT2D eigenvalue weighted by Crippen LogP contribution is -2.41. The molecule has 5 heteroatoms. The molecular formula is C22H28ClNO3. The highest BCUT2D eigenvalue weighted by Crippen LogP contribution is 2.52. The molecular weight excluding hydrogens is 362 g/mol. The lowest BCUT2D eigenvalue weighted by Gasteiger charge is -2.44. The van der Waals surface area contributed by atoms with Gasteiger partial charge >= 0.3 is 5.97 Å². The topological polar surface area (TPSA) is 55.4 Å². The van der Waals surface area contributed by atoms with Crippen molar-refractivity contribution in [3.63, 3.8) is 0 Å². The first-order chi connectivity index (χ1) is 12.9. The number of halogens is 1. The fourth-order valence-corrected chi connectivity index (χ4v) is 4.80. The Morgan fingerprint density at radius 2 is 1.81 bits per heavy atom. The number of benzene rings is 1. The minimum Gasteiger partial charge on any atom is -0.463 e. The molecule has 3 rings (SSSR count). The van der Waals surface area contributed by atoms with Crippen molar-refractivity contribution in [2.45, 2.75) is 59.3 Å². The van der Waals surface area contributed by atoms with Crippen LogP contribution < -0.4 is 5.32 Å². The van der Waals surface area contributed by atoms with Crippen LogP contribution in [0.25, 0.3) is 5.70 Å². The maximum atomic E-state index is 13.1. The van der Waals surface area contributed by atoms with E-state index in [4.69, 9.17) is 16.3 Å². The number of ether oxygens (including phenoxy) is 1. The Bertz CT molecular complexity index is 791. The van der Waals surface area contributed by atoms with Gasteiger partial charge in [0.25, 0.3) is 0 Å². The molecule has 146 valence electrons. The monoisotopic (exact) mass is 389 g/mol. The van der Waals surface area contributed by atoms with Crippen LogP contribution in [0.4, 0.5) is 0 Å². The van der Waals surface area contributed by atoms with Crippen molar-refractivity contribution >= 4 is 29.2 Å². The first-order valence-electron chi connectivity index (χ1n) is 9.80. The van der Waals surface area contributed by atoms with Gasteiger partial charge in [-0.25, -0.2) is 4.79 Å². The molecule has 0 aromatic heterocycles. The standard InChI is InChI=1S/C22H28ClNO3/c1-4-27-21(26)19-20(24-17(25)13-23)18-15(3)9-8-14(2)16(18)12-22(19)10-6-5-7-11-22/h8-9H,4-7,10-13H2,1-3H3,(H,24,25). The quantitative estimate of drug-likeness (QED) is 0.611. The van der Waals surface area contributed by atoms with Crippen molar-refractivity contribution in [2.24, 2.45) is 5.41 Å². The molecule has 0 atom stereocenters. The summed E-state index contributed by atoms with van der Waals surface area (Å²) in [5, 5.41) is 2.96. The number of rotatable bonds is 4. The summed E-state index contributed by atoms with van der Waals surface area (Å²) in [4.78, 5) is 25.3. The Morgan fingerprint density at radius 3 is 2.44 bits per heavy atom. The van der Waals surface area contributed by atoms with E-state index in [1.165, 1.54) is 17.5 Å². The molecule has 27 heavy (non-hydrogen) atoms. The zero-order valence-electron chi connectivity index (χ0n) is 16.4. The second-order valence-electron chi connectivity index (χ2n) is 7.72. The number of aryl methyl sites for hydroxylation is 2. The molecule has 4 nitrogen and oxygen atoms in total. The summed E-state index contributed by atoms with van der Waals surface area (Å²) < 4.78 is 5.46. The molecule has 1 spiro atoms. The van der Waals surface area contributed by atoms with Crippen LogP contribution in [0.2, 0.25) is 0 Å². The molecule has 1 amide bonds. The van der Waals surface area contributed by atoms with Gasteiger partial charge < -0.3 is 10.1 Å². The van der Waals surface area contributed by atoms with Crippen molar-refractivity contribution in [1.29, 1.82) is 0 Å². The van der Waals surface area contributed by atoms with Gasteiger partial charge in [-0.2, -0.15) is 0 Å². The van der Waals surface area contributed by atoms with Crippen LogP contribution in [0.5, 0.6) is 0 Å². The first-order valence-corrected chi connectivity index (χ1v) is 10.3. The first kappa shape index (κ1) is 19.9. The van der Waals surface area contributed by atoms with Gasteiger partial charge in [-0.3, -0.25) is 4.79 Å². The van der Waals surface area contributed by atoms with Crippen molar-refractivity contribution in [3.8, 4) is 0 Å². The number of nitrogens with one attached hydrogen (secondary N) is 1.